The predicted octanol–water partition coefficient (Wildman–Crippen LogP) is 11.3. The zero-order valence-electron chi connectivity index (χ0n) is 25.9. The highest BCUT2D eigenvalue weighted by atomic mass is 19.2. The van der Waals surface area contributed by atoms with Crippen molar-refractivity contribution in [3.63, 3.8) is 0 Å². The van der Waals surface area contributed by atoms with Crippen molar-refractivity contribution in [1.29, 1.82) is 0 Å². The maximum atomic E-state index is 15.0. The number of carbonyl (C=O) groups is 1. The molecule has 0 aromatic heterocycles. The maximum absolute atomic E-state index is 15.0. The van der Waals surface area contributed by atoms with Gasteiger partial charge >= 0.3 is 5.97 Å². The molecule has 0 atom stereocenters. The van der Waals surface area contributed by atoms with Crippen LogP contribution < -0.4 is 9.47 Å². The molecule has 0 bridgehead atoms. The van der Waals surface area contributed by atoms with Gasteiger partial charge in [-0.1, -0.05) is 84.5 Å². The first kappa shape index (κ1) is 36.6. The molecule has 0 amide bonds. The molecule has 0 radical (unpaired) electrons. The monoisotopic (exact) mass is 650 g/mol. The summed E-state index contributed by atoms with van der Waals surface area (Å²) < 4.78 is 128. The normalized spacial score (nSPS) is 16.7. The van der Waals surface area contributed by atoms with Gasteiger partial charge in [0.2, 0.25) is 29.0 Å². The Morgan fingerprint density at radius 2 is 0.978 bits per heavy atom. The topological polar surface area (TPSA) is 35.5 Å². The number of ether oxygens (including phenoxy) is 2. The summed E-state index contributed by atoms with van der Waals surface area (Å²) in [4.78, 5) is 12.7. The van der Waals surface area contributed by atoms with Crippen molar-refractivity contribution in [3.8, 4) is 22.6 Å². The summed E-state index contributed by atoms with van der Waals surface area (Å²) in [6.45, 7) is 3.69. The number of esters is 1. The number of hydrogen-bond acceptors (Lipinski definition) is 3. The lowest BCUT2D eigenvalue weighted by Crippen LogP contribution is -2.26. The summed E-state index contributed by atoms with van der Waals surface area (Å²) in [5, 5.41) is 0. The summed E-state index contributed by atoms with van der Waals surface area (Å²) in [7, 11) is 0. The minimum atomic E-state index is -2.39. The lowest BCUT2D eigenvalue weighted by atomic mass is 9.79. The van der Waals surface area contributed by atoms with Crippen LogP contribution in [0, 0.1) is 58.4 Å². The lowest BCUT2D eigenvalue weighted by Gasteiger charge is -2.27. The number of hydrogen-bond donors (Lipinski definition) is 0. The largest absolute Gasteiger partial charge is 0.487 e. The van der Waals surface area contributed by atoms with Crippen molar-refractivity contribution < 1.29 is 49.4 Å². The molecular formula is C34H42F8O3. The van der Waals surface area contributed by atoms with Crippen LogP contribution in [-0.4, -0.2) is 12.6 Å². The van der Waals surface area contributed by atoms with E-state index in [9.17, 15) is 31.1 Å². The summed E-state index contributed by atoms with van der Waals surface area (Å²) in [5.41, 5.74) is -4.04. The van der Waals surface area contributed by atoms with Crippen LogP contribution in [0.3, 0.4) is 0 Å². The fourth-order valence-corrected chi connectivity index (χ4v) is 5.84. The quantitative estimate of drug-likeness (QED) is 0.0562. The van der Waals surface area contributed by atoms with Crippen molar-refractivity contribution in [2.24, 2.45) is 11.8 Å². The van der Waals surface area contributed by atoms with E-state index in [0.717, 1.165) is 19.3 Å². The van der Waals surface area contributed by atoms with Crippen molar-refractivity contribution in [2.75, 3.05) is 6.61 Å². The second-order valence-corrected chi connectivity index (χ2v) is 11.9. The third kappa shape index (κ3) is 9.12. The van der Waals surface area contributed by atoms with Crippen molar-refractivity contribution in [1.82, 2.24) is 0 Å². The third-order valence-electron chi connectivity index (χ3n) is 8.54. The van der Waals surface area contributed by atoms with Gasteiger partial charge in [0.05, 0.1) is 23.7 Å². The minimum Gasteiger partial charge on any atom is -0.487 e. The molecule has 0 aliphatic heterocycles. The van der Waals surface area contributed by atoms with Crippen LogP contribution in [0.15, 0.2) is 0 Å². The lowest BCUT2D eigenvalue weighted by molar-refractivity contribution is -0.140. The second-order valence-electron chi connectivity index (χ2n) is 11.9. The molecule has 1 aliphatic rings. The predicted molar refractivity (Wildman–Crippen MR) is 155 cm³/mol. The summed E-state index contributed by atoms with van der Waals surface area (Å²) in [6, 6.07) is 0. The number of halogens is 8. The van der Waals surface area contributed by atoms with Crippen LogP contribution >= 0.6 is 0 Å². The minimum absolute atomic E-state index is 0.293. The van der Waals surface area contributed by atoms with Gasteiger partial charge in [0.15, 0.2) is 29.0 Å². The van der Waals surface area contributed by atoms with E-state index in [1.54, 1.807) is 0 Å². The van der Waals surface area contributed by atoms with Crippen molar-refractivity contribution in [2.45, 2.75) is 117 Å². The molecule has 0 heterocycles. The summed E-state index contributed by atoms with van der Waals surface area (Å²) >= 11 is 0. The Labute approximate surface area is 259 Å². The molecule has 0 saturated heterocycles. The standard InChI is InChI=1S/C34H42F8O3/c1-3-5-7-8-9-10-11-12-14-20-15-17-21(18-16-20)34(43)45-33-30(41)26(37)23(27(38)31(33)42)22-24(35)28(39)32(29(40)25(22)36)44-19-13-6-4-2/h20-21H,3-19H2,1-2H3/t20-,21-. The van der Waals surface area contributed by atoms with Gasteiger partial charge in [0.1, 0.15) is 0 Å². The van der Waals surface area contributed by atoms with Gasteiger partial charge < -0.3 is 9.47 Å². The zero-order valence-corrected chi connectivity index (χ0v) is 25.9. The molecule has 2 aromatic carbocycles. The molecule has 0 N–H and O–H groups in total. The highest BCUT2D eigenvalue weighted by Crippen LogP contribution is 2.42. The fourth-order valence-electron chi connectivity index (χ4n) is 5.84. The third-order valence-corrected chi connectivity index (χ3v) is 8.54. The molecule has 45 heavy (non-hydrogen) atoms. The van der Waals surface area contributed by atoms with Crippen LogP contribution in [0.25, 0.3) is 11.1 Å². The van der Waals surface area contributed by atoms with E-state index in [2.05, 4.69) is 6.92 Å². The van der Waals surface area contributed by atoms with Crippen molar-refractivity contribution >= 4 is 5.97 Å². The van der Waals surface area contributed by atoms with Gasteiger partial charge in [-0.05, 0) is 38.0 Å². The Hall–Kier alpha value is -2.85. The first-order valence-electron chi connectivity index (χ1n) is 16.1. The molecule has 1 aliphatic carbocycles. The average Bonchev–Trinajstić information content (AvgIpc) is 3.04. The maximum Gasteiger partial charge on any atom is 0.314 e. The van der Waals surface area contributed by atoms with Gasteiger partial charge in [-0.25, -0.2) is 17.6 Å². The highest BCUT2D eigenvalue weighted by molar-refractivity contribution is 5.76. The number of rotatable bonds is 17. The SMILES string of the molecule is CCCCCCCCCC[C@H]1CC[C@H](C(=O)Oc2c(F)c(F)c(-c3c(F)c(F)c(OCCCCC)c(F)c3F)c(F)c2F)CC1. The Kier molecular flexibility index (Phi) is 14.4. The molecular weight excluding hydrogens is 608 g/mol. The van der Waals surface area contributed by atoms with E-state index < -0.39 is 81.1 Å². The summed E-state index contributed by atoms with van der Waals surface area (Å²) in [5.74, 6) is -22.9. The fraction of sp³-hybridized carbons (Fsp3) is 0.618. The van der Waals surface area contributed by atoms with Crippen LogP contribution in [0.1, 0.15) is 117 Å². The van der Waals surface area contributed by atoms with Crippen LogP contribution in [0.2, 0.25) is 0 Å². The Balaban J connectivity index is 1.68. The highest BCUT2D eigenvalue weighted by Gasteiger charge is 2.37. The zero-order chi connectivity index (χ0) is 33.1. The van der Waals surface area contributed by atoms with Gasteiger partial charge in [-0.2, -0.15) is 17.6 Å². The Morgan fingerprint density at radius 1 is 0.556 bits per heavy atom. The Morgan fingerprint density at radius 3 is 1.47 bits per heavy atom. The van der Waals surface area contributed by atoms with Gasteiger partial charge in [-0.3, -0.25) is 4.79 Å². The number of benzene rings is 2. The van der Waals surface area contributed by atoms with E-state index in [1.165, 1.54) is 38.5 Å². The van der Waals surface area contributed by atoms with Crippen LogP contribution in [0.5, 0.6) is 11.5 Å². The Bertz CT molecular complexity index is 1230. The van der Waals surface area contributed by atoms with Crippen LogP contribution in [-0.2, 0) is 4.79 Å². The molecule has 1 saturated carbocycles. The van der Waals surface area contributed by atoms with E-state index in [-0.39, 0.29) is 6.61 Å². The summed E-state index contributed by atoms with van der Waals surface area (Å²) in [6.07, 6.45) is 14.2. The van der Waals surface area contributed by atoms with Crippen molar-refractivity contribution in [3.05, 3.63) is 46.5 Å². The van der Waals surface area contributed by atoms with Gasteiger partial charge in [0, 0.05) is 0 Å². The van der Waals surface area contributed by atoms with Crippen LogP contribution in [0.4, 0.5) is 35.1 Å². The van der Waals surface area contributed by atoms with E-state index in [0.29, 0.717) is 50.9 Å². The molecule has 252 valence electrons. The van der Waals surface area contributed by atoms with Gasteiger partial charge in [-0.15, -0.1) is 0 Å². The second kappa shape index (κ2) is 17.7. The molecule has 3 rings (SSSR count). The van der Waals surface area contributed by atoms with E-state index >= 15 is 8.78 Å². The number of carbonyl (C=O) groups excluding carboxylic acids is 1. The molecule has 0 spiro atoms. The molecule has 0 unspecified atom stereocenters. The average molecular weight is 651 g/mol. The molecule has 1 fully saturated rings. The molecule has 2 aromatic rings. The number of unbranched alkanes of at least 4 members (excludes halogenated alkanes) is 9. The van der Waals surface area contributed by atoms with Gasteiger partial charge in [0.25, 0.3) is 0 Å². The first-order valence-corrected chi connectivity index (χ1v) is 16.1. The van der Waals surface area contributed by atoms with E-state index in [4.69, 9.17) is 9.47 Å². The first-order chi connectivity index (χ1) is 21.5. The van der Waals surface area contributed by atoms with E-state index in [1.807, 2.05) is 6.92 Å². The smallest absolute Gasteiger partial charge is 0.314 e. The molecule has 3 nitrogen and oxygen atoms in total. The molecule has 11 heteroatoms.